The van der Waals surface area contributed by atoms with Gasteiger partial charge in [0.25, 0.3) is 5.91 Å². The first kappa shape index (κ1) is 21.1. The fraction of sp³-hybridized carbons (Fsp3) is 0.412. The predicted octanol–water partition coefficient (Wildman–Crippen LogP) is 1.14. The maximum atomic E-state index is 13.7. The molecular weight excluding hydrogens is 349 g/mol. The van der Waals surface area contributed by atoms with E-state index in [0.29, 0.717) is 0 Å². The molecule has 2 N–H and O–H groups in total. The van der Waals surface area contributed by atoms with Crippen molar-refractivity contribution in [3.05, 3.63) is 35.6 Å². The van der Waals surface area contributed by atoms with Crippen molar-refractivity contribution in [3.63, 3.8) is 0 Å². The van der Waals surface area contributed by atoms with Gasteiger partial charge < -0.3 is 19.9 Å². The van der Waals surface area contributed by atoms with Crippen LogP contribution < -0.4 is 5.32 Å². The molecule has 142 valence electrons. The summed E-state index contributed by atoms with van der Waals surface area (Å²) in [5, 5.41) is 11.5. The zero-order valence-corrected chi connectivity index (χ0v) is 14.4. The number of esters is 2. The van der Waals surface area contributed by atoms with E-state index < -0.39 is 53.6 Å². The van der Waals surface area contributed by atoms with Crippen LogP contribution in [-0.4, -0.2) is 48.2 Å². The smallest absolute Gasteiger partial charge is 0.327 e. The molecule has 0 saturated heterocycles. The van der Waals surface area contributed by atoms with Gasteiger partial charge in [0.1, 0.15) is 11.9 Å². The fourth-order valence-corrected chi connectivity index (χ4v) is 2.18. The topological polar surface area (TPSA) is 119 Å². The molecule has 0 aliphatic carbocycles. The Kier molecular flexibility index (Phi) is 8.20. The third-order valence-corrected chi connectivity index (χ3v) is 3.35. The number of carboxylic acid groups (broad SMARTS) is 1. The number of carboxylic acids is 1. The number of carbonyl (C=O) groups excluding carboxylic acids is 3. The molecular formula is C17H20FNO7. The van der Waals surface area contributed by atoms with Crippen LogP contribution >= 0.6 is 0 Å². The summed E-state index contributed by atoms with van der Waals surface area (Å²) in [6.45, 7) is 3.04. The lowest BCUT2D eigenvalue weighted by atomic mass is 9.95. The Labute approximate surface area is 149 Å². The van der Waals surface area contributed by atoms with Gasteiger partial charge in [-0.2, -0.15) is 0 Å². The Hall–Kier alpha value is -2.97. The molecule has 0 saturated carbocycles. The van der Waals surface area contributed by atoms with Crippen molar-refractivity contribution in [1.82, 2.24) is 5.32 Å². The van der Waals surface area contributed by atoms with Gasteiger partial charge in [-0.3, -0.25) is 14.4 Å². The average molecular weight is 369 g/mol. The maximum absolute atomic E-state index is 13.7. The zero-order chi connectivity index (χ0) is 19.7. The van der Waals surface area contributed by atoms with E-state index in [1.54, 1.807) is 6.92 Å². The minimum absolute atomic E-state index is 0.0354. The summed E-state index contributed by atoms with van der Waals surface area (Å²) >= 11 is 0. The molecule has 0 aromatic heterocycles. The molecule has 0 aliphatic heterocycles. The van der Waals surface area contributed by atoms with Gasteiger partial charge in [-0.05, 0) is 26.0 Å². The van der Waals surface area contributed by atoms with Crippen molar-refractivity contribution in [1.29, 1.82) is 0 Å². The van der Waals surface area contributed by atoms with E-state index in [4.69, 9.17) is 9.47 Å². The van der Waals surface area contributed by atoms with Gasteiger partial charge in [0.15, 0.2) is 0 Å². The number of nitrogens with one attached hydrogen (secondary N) is 1. The van der Waals surface area contributed by atoms with Gasteiger partial charge in [-0.15, -0.1) is 0 Å². The Morgan fingerprint density at radius 1 is 1.12 bits per heavy atom. The van der Waals surface area contributed by atoms with Crippen LogP contribution in [0.3, 0.4) is 0 Å². The molecule has 1 aromatic carbocycles. The highest BCUT2D eigenvalue weighted by atomic mass is 19.1. The minimum Gasteiger partial charge on any atom is -0.480 e. The van der Waals surface area contributed by atoms with Crippen LogP contribution in [-0.2, 0) is 23.9 Å². The molecule has 0 unspecified atom stereocenters. The second-order valence-electron chi connectivity index (χ2n) is 5.14. The first-order valence-corrected chi connectivity index (χ1v) is 7.92. The summed E-state index contributed by atoms with van der Waals surface area (Å²) in [5.74, 6) is -6.79. The Bertz CT molecular complexity index is 677. The molecule has 1 rings (SSSR count). The molecule has 1 aromatic rings. The molecule has 8 nitrogen and oxygen atoms in total. The van der Waals surface area contributed by atoms with Crippen molar-refractivity contribution in [2.45, 2.75) is 26.3 Å². The summed E-state index contributed by atoms with van der Waals surface area (Å²) in [6, 6.07) is 3.16. The lowest BCUT2D eigenvalue weighted by Gasteiger charge is -2.22. The number of amides is 1. The molecule has 0 spiro atoms. The van der Waals surface area contributed by atoms with Gasteiger partial charge in [0.05, 0.1) is 31.1 Å². The third-order valence-electron chi connectivity index (χ3n) is 3.35. The summed E-state index contributed by atoms with van der Waals surface area (Å²) in [4.78, 5) is 47.6. The number of ether oxygens (including phenoxy) is 2. The van der Waals surface area contributed by atoms with Crippen LogP contribution in [0.25, 0.3) is 0 Å². The van der Waals surface area contributed by atoms with Gasteiger partial charge in [-0.1, -0.05) is 12.1 Å². The average Bonchev–Trinajstić information content (AvgIpc) is 2.58. The lowest BCUT2D eigenvalue weighted by Crippen LogP contribution is -2.50. The van der Waals surface area contributed by atoms with E-state index in [2.05, 4.69) is 5.32 Å². The van der Waals surface area contributed by atoms with E-state index in [1.807, 2.05) is 0 Å². The van der Waals surface area contributed by atoms with Crippen molar-refractivity contribution < 1.29 is 38.1 Å². The normalized spacial score (nSPS) is 12.6. The molecule has 2 atom stereocenters. The number of benzene rings is 1. The van der Waals surface area contributed by atoms with Crippen molar-refractivity contribution >= 4 is 23.8 Å². The van der Waals surface area contributed by atoms with Gasteiger partial charge >= 0.3 is 17.9 Å². The van der Waals surface area contributed by atoms with E-state index in [-0.39, 0.29) is 13.2 Å². The van der Waals surface area contributed by atoms with Crippen LogP contribution in [0.1, 0.15) is 30.6 Å². The van der Waals surface area contributed by atoms with Gasteiger partial charge in [0, 0.05) is 0 Å². The SMILES string of the molecule is CCOC(=O)C[C@H](C(=O)OCC)[C@H](NC(=O)c1ccccc1F)C(=O)O. The maximum Gasteiger partial charge on any atom is 0.327 e. The second kappa shape index (κ2) is 10.1. The predicted molar refractivity (Wildman–Crippen MR) is 86.7 cm³/mol. The summed E-state index contributed by atoms with van der Waals surface area (Å²) in [6.07, 6.45) is -0.610. The van der Waals surface area contributed by atoms with Crippen molar-refractivity contribution in [2.75, 3.05) is 13.2 Å². The number of halogens is 1. The van der Waals surface area contributed by atoms with Gasteiger partial charge in [-0.25, -0.2) is 9.18 Å². The minimum atomic E-state index is -1.80. The van der Waals surface area contributed by atoms with E-state index >= 15 is 0 Å². The van der Waals surface area contributed by atoms with Crippen molar-refractivity contribution in [2.24, 2.45) is 5.92 Å². The summed E-state index contributed by atoms with van der Waals surface area (Å²) < 4.78 is 23.2. The van der Waals surface area contributed by atoms with E-state index in [1.165, 1.54) is 19.1 Å². The first-order chi connectivity index (χ1) is 12.3. The molecule has 26 heavy (non-hydrogen) atoms. The largest absolute Gasteiger partial charge is 0.480 e. The number of hydrogen-bond donors (Lipinski definition) is 2. The molecule has 0 heterocycles. The van der Waals surface area contributed by atoms with Crippen LogP contribution in [0.5, 0.6) is 0 Å². The Morgan fingerprint density at radius 2 is 1.73 bits per heavy atom. The van der Waals surface area contributed by atoms with Gasteiger partial charge in [0.2, 0.25) is 0 Å². The van der Waals surface area contributed by atoms with Crippen LogP contribution in [0.4, 0.5) is 4.39 Å². The van der Waals surface area contributed by atoms with Crippen molar-refractivity contribution in [3.8, 4) is 0 Å². The number of aliphatic carboxylic acids is 1. The highest BCUT2D eigenvalue weighted by molar-refractivity contribution is 5.98. The molecule has 0 fully saturated rings. The van der Waals surface area contributed by atoms with E-state index in [9.17, 15) is 28.7 Å². The number of hydrogen-bond acceptors (Lipinski definition) is 6. The third kappa shape index (κ3) is 5.83. The lowest BCUT2D eigenvalue weighted by molar-refractivity contribution is -0.159. The molecule has 1 amide bonds. The Balaban J connectivity index is 3.08. The highest BCUT2D eigenvalue weighted by Crippen LogP contribution is 2.16. The highest BCUT2D eigenvalue weighted by Gasteiger charge is 2.38. The summed E-state index contributed by atoms with van der Waals surface area (Å²) in [5.41, 5.74) is -0.391. The molecule has 0 bridgehead atoms. The summed E-state index contributed by atoms with van der Waals surface area (Å²) in [7, 11) is 0. The fourth-order valence-electron chi connectivity index (χ4n) is 2.18. The Morgan fingerprint density at radius 3 is 2.27 bits per heavy atom. The molecule has 0 aliphatic rings. The second-order valence-corrected chi connectivity index (χ2v) is 5.14. The van der Waals surface area contributed by atoms with Crippen LogP contribution in [0.15, 0.2) is 24.3 Å². The quantitative estimate of drug-likeness (QED) is 0.627. The number of rotatable bonds is 9. The zero-order valence-electron chi connectivity index (χ0n) is 14.4. The standard InChI is InChI=1S/C17H20FNO7/c1-3-25-13(20)9-11(17(24)26-4-2)14(16(22)23)19-15(21)10-7-5-6-8-12(10)18/h5-8,11,14H,3-4,9H2,1-2H3,(H,19,21)(H,22,23)/t11-,14-/m0/s1. The van der Waals surface area contributed by atoms with Crippen LogP contribution in [0.2, 0.25) is 0 Å². The molecule has 9 heteroatoms. The first-order valence-electron chi connectivity index (χ1n) is 7.92. The number of carbonyl (C=O) groups is 4. The van der Waals surface area contributed by atoms with E-state index in [0.717, 1.165) is 12.1 Å². The van der Waals surface area contributed by atoms with Crippen LogP contribution in [0, 0.1) is 11.7 Å². The molecule has 0 radical (unpaired) electrons. The monoisotopic (exact) mass is 369 g/mol.